The van der Waals surface area contributed by atoms with Crippen molar-refractivity contribution >= 4 is 17.3 Å². The molecule has 2 nitrogen and oxygen atoms in total. The van der Waals surface area contributed by atoms with Crippen LogP contribution in [0.3, 0.4) is 0 Å². The smallest absolute Gasteiger partial charge is 0.381 e. The zero-order chi connectivity index (χ0) is 13.9. The van der Waals surface area contributed by atoms with Crippen LogP contribution in [-0.4, -0.2) is 4.98 Å². The van der Waals surface area contributed by atoms with E-state index in [1.807, 2.05) is 0 Å². The molecule has 0 saturated carbocycles. The van der Waals surface area contributed by atoms with Crippen LogP contribution in [0.4, 0.5) is 18.9 Å². The van der Waals surface area contributed by atoms with Gasteiger partial charge in [-0.05, 0) is 35.9 Å². The predicted molar refractivity (Wildman–Crippen MR) is 68.0 cm³/mol. The highest BCUT2D eigenvalue weighted by Crippen LogP contribution is 2.36. The number of nitrogens with zero attached hydrogens (tertiary/aromatic N) is 1. The summed E-state index contributed by atoms with van der Waals surface area (Å²) in [6, 6.07) is 7.32. The van der Waals surface area contributed by atoms with Gasteiger partial charge in [-0.15, -0.1) is 0 Å². The minimum Gasteiger partial charge on any atom is -0.381 e. The summed E-state index contributed by atoms with van der Waals surface area (Å²) >= 11 is 5.54. The quantitative estimate of drug-likeness (QED) is 0.906. The lowest BCUT2D eigenvalue weighted by atomic mass is 10.2. The number of nitrogens with one attached hydrogen (secondary N) is 1. The Morgan fingerprint density at radius 2 is 1.79 bits per heavy atom. The third-order valence-corrected chi connectivity index (χ3v) is 2.85. The molecule has 0 spiro atoms. The summed E-state index contributed by atoms with van der Waals surface area (Å²) in [6.07, 6.45) is -1.20. The number of pyridine rings is 1. The van der Waals surface area contributed by atoms with Crippen LogP contribution in [0.15, 0.2) is 42.7 Å². The highest BCUT2D eigenvalue weighted by molar-refractivity contribution is 6.31. The first-order chi connectivity index (χ1) is 8.97. The van der Waals surface area contributed by atoms with Crippen molar-refractivity contribution in [2.45, 2.75) is 12.7 Å². The average molecular weight is 287 g/mol. The number of anilines is 1. The van der Waals surface area contributed by atoms with Gasteiger partial charge in [0.1, 0.15) is 0 Å². The maximum atomic E-state index is 12.7. The molecule has 0 aliphatic carbocycles. The Morgan fingerprint density at radius 1 is 1.11 bits per heavy atom. The molecule has 0 aliphatic rings. The fraction of sp³-hybridized carbons (Fsp3) is 0.154. The summed E-state index contributed by atoms with van der Waals surface area (Å²) in [4.78, 5) is 3.86. The largest absolute Gasteiger partial charge is 0.417 e. The Bertz CT molecular complexity index is 556. The van der Waals surface area contributed by atoms with Gasteiger partial charge in [0.2, 0.25) is 0 Å². The van der Waals surface area contributed by atoms with E-state index in [4.69, 9.17) is 11.6 Å². The Kier molecular flexibility index (Phi) is 3.95. The van der Waals surface area contributed by atoms with Gasteiger partial charge in [0.15, 0.2) is 0 Å². The third-order valence-electron chi connectivity index (χ3n) is 2.52. The molecule has 0 unspecified atom stereocenters. The van der Waals surface area contributed by atoms with E-state index in [2.05, 4.69) is 10.3 Å². The molecule has 2 rings (SSSR count). The van der Waals surface area contributed by atoms with Gasteiger partial charge in [0, 0.05) is 24.6 Å². The molecule has 2 aromatic rings. The number of rotatable bonds is 3. The van der Waals surface area contributed by atoms with Crippen molar-refractivity contribution in [3.05, 3.63) is 58.9 Å². The first-order valence-corrected chi connectivity index (χ1v) is 5.84. The number of benzene rings is 1. The Morgan fingerprint density at radius 3 is 2.42 bits per heavy atom. The zero-order valence-corrected chi connectivity index (χ0v) is 10.5. The van der Waals surface area contributed by atoms with Crippen molar-refractivity contribution in [3.63, 3.8) is 0 Å². The minimum absolute atomic E-state index is 0.304. The molecule has 1 aromatic heterocycles. The molecule has 0 saturated heterocycles. The number of alkyl halides is 3. The molecule has 0 bridgehead atoms. The van der Waals surface area contributed by atoms with Crippen LogP contribution < -0.4 is 5.32 Å². The summed E-state index contributed by atoms with van der Waals surface area (Å²) < 4.78 is 38.0. The molecule has 0 atom stereocenters. The summed E-state index contributed by atoms with van der Waals surface area (Å²) in [7, 11) is 0. The van der Waals surface area contributed by atoms with E-state index < -0.39 is 11.7 Å². The van der Waals surface area contributed by atoms with E-state index in [1.165, 1.54) is 12.1 Å². The number of halogens is 4. The van der Waals surface area contributed by atoms with Gasteiger partial charge >= 0.3 is 6.18 Å². The van der Waals surface area contributed by atoms with Gasteiger partial charge in [-0.1, -0.05) is 11.6 Å². The van der Waals surface area contributed by atoms with E-state index in [1.54, 1.807) is 24.5 Å². The van der Waals surface area contributed by atoms with Crippen LogP contribution in [0.1, 0.15) is 11.1 Å². The van der Waals surface area contributed by atoms with E-state index >= 15 is 0 Å². The van der Waals surface area contributed by atoms with E-state index in [9.17, 15) is 13.2 Å². The maximum absolute atomic E-state index is 12.7. The number of hydrogen-bond acceptors (Lipinski definition) is 2. The van der Waals surface area contributed by atoms with Crippen LogP contribution in [-0.2, 0) is 12.7 Å². The lowest BCUT2D eigenvalue weighted by Crippen LogP contribution is -2.07. The summed E-state index contributed by atoms with van der Waals surface area (Å²) in [6.45, 7) is 0.418. The van der Waals surface area contributed by atoms with Gasteiger partial charge in [-0.3, -0.25) is 4.98 Å². The lowest BCUT2D eigenvalue weighted by molar-refractivity contribution is -0.137. The fourth-order valence-electron chi connectivity index (χ4n) is 1.56. The van der Waals surface area contributed by atoms with Crippen LogP contribution in [0.25, 0.3) is 0 Å². The second-order valence-corrected chi connectivity index (χ2v) is 4.31. The molecular weight excluding hydrogens is 277 g/mol. The number of hydrogen-bond donors (Lipinski definition) is 1. The normalized spacial score (nSPS) is 11.4. The standard InChI is InChI=1S/C13H10ClF3N2/c14-12-2-1-10(7-11(12)13(15,16)17)19-8-9-3-5-18-6-4-9/h1-7,19H,8H2. The summed E-state index contributed by atoms with van der Waals surface area (Å²) in [5.41, 5.74) is 0.459. The molecule has 19 heavy (non-hydrogen) atoms. The SMILES string of the molecule is FC(F)(F)c1cc(NCc2ccncc2)ccc1Cl. The van der Waals surface area contributed by atoms with Crippen molar-refractivity contribution in [1.29, 1.82) is 0 Å². The fourth-order valence-corrected chi connectivity index (χ4v) is 1.78. The average Bonchev–Trinajstić information content (AvgIpc) is 2.37. The first-order valence-electron chi connectivity index (χ1n) is 5.46. The van der Waals surface area contributed by atoms with Crippen LogP contribution >= 0.6 is 11.6 Å². The summed E-state index contributed by atoms with van der Waals surface area (Å²) in [5, 5.41) is 2.61. The Balaban J connectivity index is 2.14. The van der Waals surface area contributed by atoms with Gasteiger partial charge in [0.25, 0.3) is 0 Å². The number of aromatic nitrogens is 1. The molecule has 100 valence electrons. The highest BCUT2D eigenvalue weighted by Gasteiger charge is 2.33. The molecule has 1 heterocycles. The van der Waals surface area contributed by atoms with Gasteiger partial charge < -0.3 is 5.32 Å². The van der Waals surface area contributed by atoms with Gasteiger partial charge in [0.05, 0.1) is 10.6 Å². The molecular formula is C13H10ClF3N2. The van der Waals surface area contributed by atoms with Crippen molar-refractivity contribution < 1.29 is 13.2 Å². The van der Waals surface area contributed by atoms with Crippen LogP contribution in [0.5, 0.6) is 0 Å². The van der Waals surface area contributed by atoms with Crippen molar-refractivity contribution in [1.82, 2.24) is 4.98 Å². The van der Waals surface area contributed by atoms with Crippen molar-refractivity contribution in [2.24, 2.45) is 0 Å². The zero-order valence-electron chi connectivity index (χ0n) is 9.71. The topological polar surface area (TPSA) is 24.9 Å². The highest BCUT2D eigenvalue weighted by atomic mass is 35.5. The van der Waals surface area contributed by atoms with E-state index in [-0.39, 0.29) is 5.02 Å². The molecule has 0 radical (unpaired) electrons. The second-order valence-electron chi connectivity index (χ2n) is 3.90. The molecule has 1 N–H and O–H groups in total. The molecule has 1 aromatic carbocycles. The van der Waals surface area contributed by atoms with Crippen molar-refractivity contribution in [3.8, 4) is 0 Å². The lowest BCUT2D eigenvalue weighted by Gasteiger charge is -2.12. The Labute approximate surface area is 113 Å². The van der Waals surface area contributed by atoms with Gasteiger partial charge in [-0.2, -0.15) is 13.2 Å². The second kappa shape index (κ2) is 5.48. The molecule has 0 aliphatic heterocycles. The van der Waals surface area contributed by atoms with Gasteiger partial charge in [-0.25, -0.2) is 0 Å². The monoisotopic (exact) mass is 286 g/mol. The maximum Gasteiger partial charge on any atom is 0.417 e. The molecule has 6 heteroatoms. The van der Waals surface area contributed by atoms with Crippen LogP contribution in [0, 0.1) is 0 Å². The van der Waals surface area contributed by atoms with E-state index in [0.717, 1.165) is 11.6 Å². The third kappa shape index (κ3) is 3.61. The first kappa shape index (κ1) is 13.7. The minimum atomic E-state index is -4.45. The predicted octanol–water partition coefficient (Wildman–Crippen LogP) is 4.37. The van der Waals surface area contributed by atoms with Crippen molar-refractivity contribution in [2.75, 3.05) is 5.32 Å². The Hall–Kier alpha value is -1.75. The summed E-state index contributed by atoms with van der Waals surface area (Å²) in [5.74, 6) is 0. The van der Waals surface area contributed by atoms with Crippen LogP contribution in [0.2, 0.25) is 5.02 Å². The molecule has 0 amide bonds. The molecule has 0 fully saturated rings. The van der Waals surface area contributed by atoms with E-state index in [0.29, 0.717) is 12.2 Å².